The van der Waals surface area contributed by atoms with Crippen LogP contribution in [0.2, 0.25) is 0 Å². The molecule has 0 radical (unpaired) electrons. The average molecular weight is 453 g/mol. The Kier molecular flexibility index (Phi) is 9.26. The van der Waals surface area contributed by atoms with Gasteiger partial charge in [-0.15, -0.1) is 24.0 Å². The summed E-state index contributed by atoms with van der Waals surface area (Å²) in [5.74, 6) is 0.805. The van der Waals surface area contributed by atoms with Gasteiger partial charge in [0, 0.05) is 32.5 Å². The van der Waals surface area contributed by atoms with Gasteiger partial charge in [0.15, 0.2) is 5.96 Å². The lowest BCUT2D eigenvalue weighted by atomic mass is 10.1. The fraction of sp³-hybridized carbons (Fsp3) is 0.368. The Morgan fingerprint density at radius 3 is 2.56 bits per heavy atom. The van der Waals surface area contributed by atoms with E-state index in [-0.39, 0.29) is 24.0 Å². The van der Waals surface area contributed by atoms with Crippen LogP contribution in [0.5, 0.6) is 0 Å². The van der Waals surface area contributed by atoms with Gasteiger partial charge in [-0.1, -0.05) is 12.1 Å². The number of halogens is 1. The molecule has 1 aromatic heterocycles. The van der Waals surface area contributed by atoms with Gasteiger partial charge in [0.2, 0.25) is 0 Å². The van der Waals surface area contributed by atoms with Crippen molar-refractivity contribution < 1.29 is 0 Å². The molecule has 0 aliphatic carbocycles. The minimum atomic E-state index is 0. The first-order chi connectivity index (χ1) is 11.6. The summed E-state index contributed by atoms with van der Waals surface area (Å²) in [5, 5.41) is 6.60. The highest BCUT2D eigenvalue weighted by Gasteiger charge is 2.03. The molecule has 0 fully saturated rings. The maximum Gasteiger partial charge on any atom is 0.191 e. The SMILES string of the molecule is CCNC(=NCc1ccc(N(C)C)cc1C)NCc1ccccn1.I. The highest BCUT2D eigenvalue weighted by atomic mass is 127. The number of hydrogen-bond donors (Lipinski definition) is 2. The number of aliphatic imine (C=N–C) groups is 1. The lowest BCUT2D eigenvalue weighted by molar-refractivity contribution is 0.799. The minimum absolute atomic E-state index is 0. The molecule has 0 saturated carbocycles. The number of aryl methyl sites for hydroxylation is 1. The van der Waals surface area contributed by atoms with Gasteiger partial charge in [0.1, 0.15) is 0 Å². The molecule has 0 unspecified atom stereocenters. The van der Waals surface area contributed by atoms with E-state index in [1.165, 1.54) is 16.8 Å². The van der Waals surface area contributed by atoms with Gasteiger partial charge in [-0.3, -0.25) is 4.98 Å². The van der Waals surface area contributed by atoms with Crippen molar-refractivity contribution in [3.05, 3.63) is 59.4 Å². The Hall–Kier alpha value is -1.83. The molecular formula is C19H28IN5. The van der Waals surface area contributed by atoms with Crippen molar-refractivity contribution in [2.45, 2.75) is 26.9 Å². The Morgan fingerprint density at radius 2 is 1.96 bits per heavy atom. The van der Waals surface area contributed by atoms with Gasteiger partial charge < -0.3 is 15.5 Å². The molecule has 2 rings (SSSR count). The van der Waals surface area contributed by atoms with Crippen LogP contribution in [0.15, 0.2) is 47.6 Å². The van der Waals surface area contributed by atoms with Gasteiger partial charge >= 0.3 is 0 Å². The van der Waals surface area contributed by atoms with Gasteiger partial charge in [0.05, 0.1) is 18.8 Å². The summed E-state index contributed by atoms with van der Waals surface area (Å²) < 4.78 is 0. The summed E-state index contributed by atoms with van der Waals surface area (Å²) in [6.07, 6.45) is 1.80. The van der Waals surface area contributed by atoms with E-state index in [0.717, 1.165) is 18.2 Å². The second-order valence-corrected chi connectivity index (χ2v) is 5.88. The van der Waals surface area contributed by atoms with E-state index in [4.69, 9.17) is 0 Å². The van der Waals surface area contributed by atoms with Crippen molar-refractivity contribution in [1.29, 1.82) is 0 Å². The van der Waals surface area contributed by atoms with Crippen molar-refractivity contribution in [3.8, 4) is 0 Å². The maximum absolute atomic E-state index is 4.69. The van der Waals surface area contributed by atoms with Crippen LogP contribution in [0.4, 0.5) is 5.69 Å². The van der Waals surface area contributed by atoms with E-state index in [2.05, 4.69) is 71.7 Å². The predicted molar refractivity (Wildman–Crippen MR) is 117 cm³/mol. The number of aromatic nitrogens is 1. The molecule has 0 aliphatic heterocycles. The number of pyridine rings is 1. The monoisotopic (exact) mass is 453 g/mol. The summed E-state index contributed by atoms with van der Waals surface area (Å²) in [6.45, 7) is 6.33. The second kappa shape index (κ2) is 10.9. The van der Waals surface area contributed by atoms with Crippen LogP contribution in [0.1, 0.15) is 23.7 Å². The quantitative estimate of drug-likeness (QED) is 0.400. The van der Waals surface area contributed by atoms with E-state index < -0.39 is 0 Å². The van der Waals surface area contributed by atoms with Gasteiger partial charge in [0.25, 0.3) is 0 Å². The number of nitrogens with one attached hydrogen (secondary N) is 2. The molecule has 0 saturated heterocycles. The van der Waals surface area contributed by atoms with Crippen molar-refractivity contribution in [2.75, 3.05) is 25.5 Å². The third-order valence-corrected chi connectivity index (χ3v) is 3.76. The van der Waals surface area contributed by atoms with Crippen LogP contribution < -0.4 is 15.5 Å². The average Bonchev–Trinajstić information content (AvgIpc) is 2.59. The van der Waals surface area contributed by atoms with E-state index in [0.29, 0.717) is 13.1 Å². The third-order valence-electron chi connectivity index (χ3n) is 3.76. The van der Waals surface area contributed by atoms with Crippen LogP contribution in [-0.2, 0) is 13.1 Å². The standard InChI is InChI=1S/C19H27N5.HI/c1-5-20-19(23-14-17-8-6-7-11-21-17)22-13-16-9-10-18(24(3)4)12-15(16)2;/h6-12H,5,13-14H2,1-4H3,(H2,20,22,23);1H. The fourth-order valence-corrected chi connectivity index (χ4v) is 2.32. The Bertz CT molecular complexity index is 671. The summed E-state index contributed by atoms with van der Waals surface area (Å²) in [6, 6.07) is 12.4. The van der Waals surface area contributed by atoms with Crippen molar-refractivity contribution in [2.24, 2.45) is 4.99 Å². The van der Waals surface area contributed by atoms with Crippen LogP contribution in [0.25, 0.3) is 0 Å². The van der Waals surface area contributed by atoms with Crippen LogP contribution in [0, 0.1) is 6.92 Å². The van der Waals surface area contributed by atoms with E-state index >= 15 is 0 Å². The van der Waals surface area contributed by atoms with Crippen molar-refractivity contribution >= 4 is 35.6 Å². The lowest BCUT2D eigenvalue weighted by Crippen LogP contribution is -2.37. The zero-order valence-corrected chi connectivity index (χ0v) is 17.7. The number of benzene rings is 1. The third kappa shape index (κ3) is 6.89. The summed E-state index contributed by atoms with van der Waals surface area (Å²) in [4.78, 5) is 11.1. The smallest absolute Gasteiger partial charge is 0.191 e. The van der Waals surface area contributed by atoms with E-state index in [1.807, 2.05) is 18.2 Å². The second-order valence-electron chi connectivity index (χ2n) is 5.88. The molecule has 0 bridgehead atoms. The molecule has 1 heterocycles. The van der Waals surface area contributed by atoms with Gasteiger partial charge in [-0.2, -0.15) is 0 Å². The van der Waals surface area contributed by atoms with Gasteiger partial charge in [-0.05, 0) is 49.2 Å². The lowest BCUT2D eigenvalue weighted by Gasteiger charge is -2.15. The largest absolute Gasteiger partial charge is 0.378 e. The molecule has 2 N–H and O–H groups in total. The molecule has 1 aromatic carbocycles. The first-order valence-corrected chi connectivity index (χ1v) is 8.29. The number of anilines is 1. The molecule has 25 heavy (non-hydrogen) atoms. The Balaban J connectivity index is 0.00000312. The highest BCUT2D eigenvalue weighted by molar-refractivity contribution is 14.0. The summed E-state index contributed by atoms with van der Waals surface area (Å²) >= 11 is 0. The number of guanidine groups is 1. The first kappa shape index (κ1) is 21.2. The zero-order valence-electron chi connectivity index (χ0n) is 15.4. The molecule has 2 aromatic rings. The van der Waals surface area contributed by atoms with E-state index in [1.54, 1.807) is 6.20 Å². The molecule has 0 spiro atoms. The van der Waals surface area contributed by atoms with Crippen molar-refractivity contribution in [3.63, 3.8) is 0 Å². The molecule has 5 nitrogen and oxygen atoms in total. The summed E-state index contributed by atoms with van der Waals surface area (Å²) in [7, 11) is 4.11. The topological polar surface area (TPSA) is 52.6 Å². The zero-order chi connectivity index (χ0) is 17.4. The minimum Gasteiger partial charge on any atom is -0.378 e. The molecule has 0 amide bonds. The molecule has 6 heteroatoms. The number of rotatable bonds is 6. The van der Waals surface area contributed by atoms with E-state index in [9.17, 15) is 0 Å². The maximum atomic E-state index is 4.69. The van der Waals surface area contributed by atoms with Crippen LogP contribution in [0.3, 0.4) is 0 Å². The Labute approximate surface area is 168 Å². The number of hydrogen-bond acceptors (Lipinski definition) is 3. The first-order valence-electron chi connectivity index (χ1n) is 8.29. The van der Waals surface area contributed by atoms with Gasteiger partial charge in [-0.25, -0.2) is 4.99 Å². The highest BCUT2D eigenvalue weighted by Crippen LogP contribution is 2.17. The molecular weight excluding hydrogens is 425 g/mol. The Morgan fingerprint density at radius 1 is 1.16 bits per heavy atom. The van der Waals surface area contributed by atoms with Crippen LogP contribution in [-0.4, -0.2) is 31.6 Å². The molecule has 136 valence electrons. The summed E-state index contributed by atoms with van der Waals surface area (Å²) in [5.41, 5.74) is 4.69. The molecule has 0 aliphatic rings. The van der Waals surface area contributed by atoms with Crippen molar-refractivity contribution in [1.82, 2.24) is 15.6 Å². The fourth-order valence-electron chi connectivity index (χ4n) is 2.32. The predicted octanol–water partition coefficient (Wildman–Crippen LogP) is 3.33. The number of nitrogens with zero attached hydrogens (tertiary/aromatic N) is 3. The normalized spacial score (nSPS) is 10.8. The molecule has 0 atom stereocenters. The van der Waals surface area contributed by atoms with Crippen LogP contribution >= 0.6 is 24.0 Å².